The number of aryl methyl sites for hydroxylation is 2. The molecular weight excluding hydrogens is 202 g/mol. The lowest BCUT2D eigenvalue weighted by molar-refractivity contribution is 0.243. The Morgan fingerprint density at radius 1 is 1.38 bits per heavy atom. The summed E-state index contributed by atoms with van der Waals surface area (Å²) < 4.78 is 2.02. The number of rotatable bonds is 5. The first-order valence-electron chi connectivity index (χ1n) is 5.92. The molecule has 0 aromatic carbocycles. The average Bonchev–Trinajstić information content (AvgIpc) is 2.53. The molecule has 1 unspecified atom stereocenters. The SMILES string of the molecule is CCn1nc(C)c(C(C)N[C@@H](C)CO)c1C. The summed E-state index contributed by atoms with van der Waals surface area (Å²) in [6, 6.07) is 0.334. The zero-order valence-corrected chi connectivity index (χ0v) is 10.9. The Morgan fingerprint density at radius 3 is 2.44 bits per heavy atom. The molecular formula is C12H23N3O. The molecule has 0 spiro atoms. The van der Waals surface area contributed by atoms with E-state index < -0.39 is 0 Å². The van der Waals surface area contributed by atoms with E-state index in [0.29, 0.717) is 0 Å². The molecule has 0 bridgehead atoms. The van der Waals surface area contributed by atoms with Gasteiger partial charge in [0.15, 0.2) is 0 Å². The molecule has 0 fully saturated rings. The fourth-order valence-corrected chi connectivity index (χ4v) is 2.21. The highest BCUT2D eigenvalue weighted by atomic mass is 16.3. The van der Waals surface area contributed by atoms with E-state index in [0.717, 1.165) is 12.2 Å². The van der Waals surface area contributed by atoms with Crippen LogP contribution < -0.4 is 5.32 Å². The van der Waals surface area contributed by atoms with Crippen molar-refractivity contribution >= 4 is 0 Å². The summed E-state index contributed by atoms with van der Waals surface area (Å²) in [6.45, 7) is 11.4. The van der Waals surface area contributed by atoms with Crippen LogP contribution >= 0.6 is 0 Å². The van der Waals surface area contributed by atoms with E-state index in [1.165, 1.54) is 11.3 Å². The lowest BCUT2D eigenvalue weighted by Crippen LogP contribution is -2.32. The van der Waals surface area contributed by atoms with Gasteiger partial charge in [-0.25, -0.2) is 0 Å². The summed E-state index contributed by atoms with van der Waals surface area (Å²) in [4.78, 5) is 0. The van der Waals surface area contributed by atoms with Crippen LogP contribution in [0.1, 0.15) is 43.8 Å². The van der Waals surface area contributed by atoms with Gasteiger partial charge in [0, 0.05) is 29.9 Å². The molecule has 2 N–H and O–H groups in total. The van der Waals surface area contributed by atoms with Gasteiger partial charge in [-0.15, -0.1) is 0 Å². The quantitative estimate of drug-likeness (QED) is 0.799. The molecule has 0 radical (unpaired) electrons. The molecule has 0 aliphatic rings. The Kier molecular flexibility index (Phi) is 4.50. The van der Waals surface area contributed by atoms with Gasteiger partial charge in [0.25, 0.3) is 0 Å². The lowest BCUT2D eigenvalue weighted by Gasteiger charge is -2.19. The Labute approximate surface area is 97.7 Å². The molecule has 0 saturated carbocycles. The van der Waals surface area contributed by atoms with Crippen molar-refractivity contribution in [3.63, 3.8) is 0 Å². The van der Waals surface area contributed by atoms with Crippen LogP contribution in [0.3, 0.4) is 0 Å². The third kappa shape index (κ3) is 2.62. The summed E-state index contributed by atoms with van der Waals surface area (Å²) in [5, 5.41) is 16.9. The highest BCUT2D eigenvalue weighted by Gasteiger charge is 2.17. The van der Waals surface area contributed by atoms with E-state index in [1.807, 2.05) is 18.5 Å². The van der Waals surface area contributed by atoms with Crippen LogP contribution in [-0.4, -0.2) is 27.5 Å². The second-order valence-corrected chi connectivity index (χ2v) is 4.37. The summed E-state index contributed by atoms with van der Waals surface area (Å²) in [7, 11) is 0. The van der Waals surface area contributed by atoms with Crippen LogP contribution in [-0.2, 0) is 6.54 Å². The van der Waals surface area contributed by atoms with Gasteiger partial charge in [-0.05, 0) is 34.6 Å². The second-order valence-electron chi connectivity index (χ2n) is 4.37. The standard InChI is InChI=1S/C12H23N3O/c1-6-15-11(5)12(10(4)14-15)9(3)13-8(2)7-16/h8-9,13,16H,6-7H2,1-5H3/t8-,9?/m0/s1. The fourth-order valence-electron chi connectivity index (χ4n) is 2.21. The minimum absolute atomic E-state index is 0.110. The van der Waals surface area contributed by atoms with E-state index in [1.54, 1.807) is 0 Å². The van der Waals surface area contributed by atoms with Crippen molar-refractivity contribution in [1.82, 2.24) is 15.1 Å². The Hall–Kier alpha value is -0.870. The first-order chi connectivity index (χ1) is 7.51. The predicted octanol–water partition coefficient (Wildman–Crippen LogP) is 1.55. The van der Waals surface area contributed by atoms with E-state index in [4.69, 9.17) is 5.11 Å². The number of hydrogen-bond donors (Lipinski definition) is 2. The van der Waals surface area contributed by atoms with E-state index >= 15 is 0 Å². The number of aliphatic hydroxyl groups excluding tert-OH is 1. The van der Waals surface area contributed by atoms with Crippen LogP contribution in [0, 0.1) is 13.8 Å². The van der Waals surface area contributed by atoms with Crippen molar-refractivity contribution < 1.29 is 5.11 Å². The first kappa shape index (κ1) is 13.2. The number of aliphatic hydroxyl groups is 1. The number of nitrogens with zero attached hydrogens (tertiary/aromatic N) is 2. The molecule has 1 rings (SSSR count). The van der Waals surface area contributed by atoms with Crippen molar-refractivity contribution in [2.45, 2.75) is 53.2 Å². The van der Waals surface area contributed by atoms with E-state index in [-0.39, 0.29) is 18.7 Å². The van der Waals surface area contributed by atoms with Crippen molar-refractivity contribution in [3.8, 4) is 0 Å². The van der Waals surface area contributed by atoms with Crippen molar-refractivity contribution in [3.05, 3.63) is 17.0 Å². The average molecular weight is 225 g/mol. The number of nitrogens with one attached hydrogen (secondary N) is 1. The van der Waals surface area contributed by atoms with Crippen LogP contribution in [0.5, 0.6) is 0 Å². The molecule has 1 aromatic heterocycles. The molecule has 92 valence electrons. The maximum Gasteiger partial charge on any atom is 0.0644 e. The van der Waals surface area contributed by atoms with Gasteiger partial charge in [-0.2, -0.15) is 5.10 Å². The molecule has 0 saturated heterocycles. The van der Waals surface area contributed by atoms with Gasteiger partial charge in [0.05, 0.1) is 12.3 Å². The van der Waals surface area contributed by atoms with Gasteiger partial charge in [-0.1, -0.05) is 0 Å². The zero-order valence-electron chi connectivity index (χ0n) is 10.9. The van der Waals surface area contributed by atoms with Gasteiger partial charge < -0.3 is 10.4 Å². The fraction of sp³-hybridized carbons (Fsp3) is 0.750. The molecule has 0 aliphatic carbocycles. The lowest BCUT2D eigenvalue weighted by atomic mass is 10.1. The third-order valence-electron chi connectivity index (χ3n) is 2.98. The Balaban J connectivity index is 2.90. The smallest absolute Gasteiger partial charge is 0.0644 e. The van der Waals surface area contributed by atoms with Crippen LogP contribution in [0.15, 0.2) is 0 Å². The first-order valence-corrected chi connectivity index (χ1v) is 5.92. The third-order valence-corrected chi connectivity index (χ3v) is 2.98. The van der Waals surface area contributed by atoms with Gasteiger partial charge in [0.2, 0.25) is 0 Å². The summed E-state index contributed by atoms with van der Waals surface area (Å²) >= 11 is 0. The minimum atomic E-state index is 0.110. The normalized spacial score (nSPS) is 15.1. The minimum Gasteiger partial charge on any atom is -0.395 e. The molecule has 4 heteroatoms. The van der Waals surface area contributed by atoms with Crippen molar-refractivity contribution in [2.75, 3.05) is 6.61 Å². The molecule has 1 heterocycles. The van der Waals surface area contributed by atoms with Crippen molar-refractivity contribution in [2.24, 2.45) is 0 Å². The summed E-state index contributed by atoms with van der Waals surface area (Å²) in [5.41, 5.74) is 3.54. The summed E-state index contributed by atoms with van der Waals surface area (Å²) in [6.07, 6.45) is 0. The second kappa shape index (κ2) is 5.46. The monoisotopic (exact) mass is 225 g/mol. The predicted molar refractivity (Wildman–Crippen MR) is 65.5 cm³/mol. The largest absolute Gasteiger partial charge is 0.395 e. The molecule has 2 atom stereocenters. The van der Waals surface area contributed by atoms with Crippen LogP contribution in [0.2, 0.25) is 0 Å². The maximum absolute atomic E-state index is 9.04. The number of aromatic nitrogens is 2. The van der Waals surface area contributed by atoms with Gasteiger partial charge in [-0.3, -0.25) is 4.68 Å². The highest BCUT2D eigenvalue weighted by Crippen LogP contribution is 2.21. The van der Waals surface area contributed by atoms with Crippen molar-refractivity contribution in [1.29, 1.82) is 0 Å². The van der Waals surface area contributed by atoms with Gasteiger partial charge >= 0.3 is 0 Å². The van der Waals surface area contributed by atoms with Crippen LogP contribution in [0.25, 0.3) is 0 Å². The Bertz CT molecular complexity index is 346. The highest BCUT2D eigenvalue weighted by molar-refractivity contribution is 5.27. The topological polar surface area (TPSA) is 50.1 Å². The molecule has 4 nitrogen and oxygen atoms in total. The van der Waals surface area contributed by atoms with E-state index in [2.05, 4.69) is 31.2 Å². The Morgan fingerprint density at radius 2 is 2.00 bits per heavy atom. The van der Waals surface area contributed by atoms with Gasteiger partial charge in [0.1, 0.15) is 0 Å². The number of hydrogen-bond acceptors (Lipinski definition) is 3. The zero-order chi connectivity index (χ0) is 12.3. The molecule has 1 aromatic rings. The van der Waals surface area contributed by atoms with Crippen LogP contribution in [0.4, 0.5) is 0 Å². The van der Waals surface area contributed by atoms with E-state index in [9.17, 15) is 0 Å². The molecule has 0 aliphatic heterocycles. The summed E-state index contributed by atoms with van der Waals surface area (Å²) in [5.74, 6) is 0. The molecule has 0 amide bonds. The molecule has 16 heavy (non-hydrogen) atoms. The maximum atomic E-state index is 9.04.